The molecule has 0 amide bonds. The zero-order valence-corrected chi connectivity index (χ0v) is 13.0. The number of benzene rings is 1. The summed E-state index contributed by atoms with van der Waals surface area (Å²) in [5.41, 5.74) is 11.3. The third kappa shape index (κ3) is 3.37. The number of nitrogens with two attached hydrogens (primary N) is 1. The van der Waals surface area contributed by atoms with Crippen molar-refractivity contribution in [2.45, 2.75) is 65.1 Å². The molecule has 0 bridgehead atoms. The van der Waals surface area contributed by atoms with E-state index in [2.05, 4.69) is 24.3 Å². The minimum Gasteiger partial charge on any atom is -0.489 e. The molecule has 0 radical (unpaired) electrons. The van der Waals surface area contributed by atoms with Crippen LogP contribution in [0, 0.1) is 0 Å². The highest BCUT2D eigenvalue weighted by Crippen LogP contribution is 2.32. The molecule has 20 heavy (non-hydrogen) atoms. The maximum Gasteiger partial charge on any atom is 0.144 e. The Bertz CT molecular complexity index is 437. The average Bonchev–Trinajstić information content (AvgIpc) is 2.37. The zero-order valence-electron chi connectivity index (χ0n) is 13.0. The van der Waals surface area contributed by atoms with E-state index in [0.717, 1.165) is 11.4 Å². The summed E-state index contributed by atoms with van der Waals surface area (Å²) in [6.07, 6.45) is 3.87. The number of nitrogens with zero attached hydrogens (tertiary/aromatic N) is 1. The second-order valence-corrected chi connectivity index (χ2v) is 6.03. The smallest absolute Gasteiger partial charge is 0.144 e. The van der Waals surface area contributed by atoms with Crippen LogP contribution in [0.1, 0.15) is 47.0 Å². The van der Waals surface area contributed by atoms with E-state index in [-0.39, 0.29) is 6.10 Å². The van der Waals surface area contributed by atoms with Gasteiger partial charge in [-0.2, -0.15) is 0 Å². The highest BCUT2D eigenvalue weighted by Gasteiger charge is 2.25. The zero-order chi connectivity index (χ0) is 14.7. The van der Waals surface area contributed by atoms with E-state index in [1.165, 1.54) is 19.3 Å². The first-order valence-electron chi connectivity index (χ1n) is 7.59. The number of para-hydroxylation sites is 1. The Morgan fingerprint density at radius 3 is 2.50 bits per heavy atom. The molecular weight excluding hydrogens is 250 g/mol. The van der Waals surface area contributed by atoms with Crippen LogP contribution in [0.4, 0.5) is 11.4 Å². The summed E-state index contributed by atoms with van der Waals surface area (Å²) in [6, 6.07) is 6.95. The van der Waals surface area contributed by atoms with Gasteiger partial charge < -0.3 is 15.9 Å². The standard InChI is InChI=1S/C16H27N3O/c1-11(2)20-15-10-6-9-14(16(15)17)18-19-12(3)7-5-8-13(19)4/h6,9-13,18H,5,7-8,17H2,1-4H3. The van der Waals surface area contributed by atoms with Crippen LogP contribution in [0.25, 0.3) is 0 Å². The number of piperidine rings is 1. The SMILES string of the molecule is CC(C)Oc1cccc(NN2C(C)CCCC2C)c1N. The quantitative estimate of drug-likeness (QED) is 0.825. The molecule has 0 spiro atoms. The van der Waals surface area contributed by atoms with Crippen LogP contribution >= 0.6 is 0 Å². The average molecular weight is 277 g/mol. The Balaban J connectivity index is 2.16. The van der Waals surface area contributed by atoms with Gasteiger partial charge in [0, 0.05) is 12.1 Å². The normalized spacial score (nSPS) is 23.9. The van der Waals surface area contributed by atoms with Crippen molar-refractivity contribution in [3.05, 3.63) is 18.2 Å². The third-order valence-corrected chi connectivity index (χ3v) is 3.87. The van der Waals surface area contributed by atoms with Gasteiger partial charge >= 0.3 is 0 Å². The van der Waals surface area contributed by atoms with Crippen LogP contribution in [0.3, 0.4) is 0 Å². The molecule has 3 N–H and O–H groups in total. The monoisotopic (exact) mass is 277 g/mol. The molecule has 1 aromatic rings. The summed E-state index contributed by atoms with van der Waals surface area (Å²) in [5.74, 6) is 0.752. The van der Waals surface area contributed by atoms with Crippen molar-refractivity contribution in [2.75, 3.05) is 11.2 Å². The molecule has 112 valence electrons. The van der Waals surface area contributed by atoms with Crippen LogP contribution in [-0.4, -0.2) is 23.2 Å². The van der Waals surface area contributed by atoms with Gasteiger partial charge in [0.05, 0.1) is 17.5 Å². The second kappa shape index (κ2) is 6.35. The first-order valence-corrected chi connectivity index (χ1v) is 7.59. The highest BCUT2D eigenvalue weighted by molar-refractivity contribution is 5.72. The molecule has 4 nitrogen and oxygen atoms in total. The van der Waals surface area contributed by atoms with Crippen LogP contribution in [0.5, 0.6) is 5.75 Å². The van der Waals surface area contributed by atoms with Crippen molar-refractivity contribution < 1.29 is 4.74 Å². The Morgan fingerprint density at radius 2 is 1.90 bits per heavy atom. The van der Waals surface area contributed by atoms with Crippen molar-refractivity contribution in [3.63, 3.8) is 0 Å². The van der Waals surface area contributed by atoms with Crippen LogP contribution < -0.4 is 15.9 Å². The molecule has 1 heterocycles. The molecule has 0 aromatic heterocycles. The van der Waals surface area contributed by atoms with Crippen molar-refractivity contribution >= 4 is 11.4 Å². The fraction of sp³-hybridized carbons (Fsp3) is 0.625. The van der Waals surface area contributed by atoms with Crippen molar-refractivity contribution in [1.29, 1.82) is 0 Å². The number of hydrazine groups is 1. The topological polar surface area (TPSA) is 50.5 Å². The molecule has 1 aliphatic rings. The van der Waals surface area contributed by atoms with E-state index in [4.69, 9.17) is 10.5 Å². The Hall–Kier alpha value is -1.42. The minimum atomic E-state index is 0.125. The molecule has 0 saturated carbocycles. The van der Waals surface area contributed by atoms with Gasteiger partial charge in [0.15, 0.2) is 0 Å². The molecule has 4 heteroatoms. The first kappa shape index (κ1) is 15.0. The van der Waals surface area contributed by atoms with Gasteiger partial charge in [-0.15, -0.1) is 0 Å². The summed E-state index contributed by atoms with van der Waals surface area (Å²) in [5, 5.41) is 2.31. The van der Waals surface area contributed by atoms with Gasteiger partial charge in [0.1, 0.15) is 5.75 Å². The van der Waals surface area contributed by atoms with E-state index in [9.17, 15) is 0 Å². The molecule has 1 aliphatic heterocycles. The molecule has 1 aromatic carbocycles. The molecular formula is C16H27N3O. The Morgan fingerprint density at radius 1 is 1.25 bits per heavy atom. The first-order chi connectivity index (χ1) is 9.49. The van der Waals surface area contributed by atoms with Gasteiger partial charge in [-0.25, -0.2) is 5.01 Å². The summed E-state index contributed by atoms with van der Waals surface area (Å²) in [7, 11) is 0. The Kier molecular flexibility index (Phi) is 4.76. The molecule has 1 saturated heterocycles. The predicted molar refractivity (Wildman–Crippen MR) is 84.9 cm³/mol. The van der Waals surface area contributed by atoms with E-state index in [1.54, 1.807) is 0 Å². The van der Waals surface area contributed by atoms with Crippen LogP contribution in [0.15, 0.2) is 18.2 Å². The number of nitrogen functional groups attached to an aromatic ring is 1. The van der Waals surface area contributed by atoms with Crippen molar-refractivity contribution in [1.82, 2.24) is 5.01 Å². The number of ether oxygens (including phenoxy) is 1. The fourth-order valence-electron chi connectivity index (χ4n) is 2.78. The number of hydrogen-bond acceptors (Lipinski definition) is 4. The highest BCUT2D eigenvalue weighted by atomic mass is 16.5. The van der Waals surface area contributed by atoms with Gasteiger partial charge in [-0.1, -0.05) is 12.5 Å². The van der Waals surface area contributed by atoms with E-state index >= 15 is 0 Å². The van der Waals surface area contributed by atoms with Gasteiger partial charge in [-0.05, 0) is 52.7 Å². The molecule has 0 aliphatic carbocycles. The maximum absolute atomic E-state index is 6.23. The van der Waals surface area contributed by atoms with E-state index < -0.39 is 0 Å². The lowest BCUT2D eigenvalue weighted by Gasteiger charge is -2.39. The predicted octanol–water partition coefficient (Wildman–Crippen LogP) is 3.65. The van der Waals surface area contributed by atoms with E-state index in [0.29, 0.717) is 17.8 Å². The lowest BCUT2D eigenvalue weighted by molar-refractivity contribution is 0.136. The summed E-state index contributed by atoms with van der Waals surface area (Å²) in [4.78, 5) is 0. The number of rotatable bonds is 4. The lowest BCUT2D eigenvalue weighted by Crippen LogP contribution is -2.47. The number of anilines is 2. The number of nitrogens with one attached hydrogen (secondary N) is 1. The Labute approximate surface area is 122 Å². The minimum absolute atomic E-state index is 0.125. The van der Waals surface area contributed by atoms with Crippen LogP contribution in [0.2, 0.25) is 0 Å². The van der Waals surface area contributed by atoms with Crippen molar-refractivity contribution in [2.24, 2.45) is 0 Å². The lowest BCUT2D eigenvalue weighted by atomic mass is 10.00. The third-order valence-electron chi connectivity index (χ3n) is 3.87. The maximum atomic E-state index is 6.23. The fourth-order valence-corrected chi connectivity index (χ4v) is 2.78. The van der Waals surface area contributed by atoms with Gasteiger partial charge in [0.25, 0.3) is 0 Å². The molecule has 2 unspecified atom stereocenters. The summed E-state index contributed by atoms with van der Waals surface area (Å²) < 4.78 is 5.74. The molecule has 1 fully saturated rings. The van der Waals surface area contributed by atoms with Crippen molar-refractivity contribution in [3.8, 4) is 5.75 Å². The summed E-state index contributed by atoms with van der Waals surface area (Å²) in [6.45, 7) is 8.53. The molecule has 2 atom stereocenters. The summed E-state index contributed by atoms with van der Waals surface area (Å²) >= 11 is 0. The van der Waals surface area contributed by atoms with Crippen LogP contribution in [-0.2, 0) is 0 Å². The largest absolute Gasteiger partial charge is 0.489 e. The van der Waals surface area contributed by atoms with E-state index in [1.807, 2.05) is 32.0 Å². The number of hydrogen-bond donors (Lipinski definition) is 2. The molecule has 2 rings (SSSR count). The van der Waals surface area contributed by atoms with Gasteiger partial charge in [0.2, 0.25) is 0 Å². The second-order valence-electron chi connectivity index (χ2n) is 6.03. The van der Waals surface area contributed by atoms with Gasteiger partial charge in [-0.3, -0.25) is 0 Å².